The number of H-pyrrole nitrogens is 1. The number of nitrogens with one attached hydrogen (secondary N) is 1. The molecule has 1 aromatic heterocycles. The molecule has 61 heavy (non-hydrogen) atoms. The summed E-state index contributed by atoms with van der Waals surface area (Å²) in [6.07, 6.45) is 3.36. The van der Waals surface area contributed by atoms with Crippen molar-refractivity contribution in [2.45, 2.75) is 99.2 Å². The molecule has 1 amide bonds. The quantitative estimate of drug-likeness (QED) is 0.112. The molecular formula is C46H56N4O11. The lowest BCUT2D eigenvalue weighted by molar-refractivity contribution is -0.228. The number of amides is 1. The van der Waals surface area contributed by atoms with Gasteiger partial charge in [0.15, 0.2) is 6.10 Å². The van der Waals surface area contributed by atoms with E-state index in [9.17, 15) is 29.7 Å². The van der Waals surface area contributed by atoms with E-state index in [0.717, 1.165) is 23.6 Å². The van der Waals surface area contributed by atoms with E-state index in [1.807, 2.05) is 56.3 Å². The number of benzene rings is 2. The maximum atomic E-state index is 15.3. The lowest BCUT2D eigenvalue weighted by Gasteiger charge is -2.63. The van der Waals surface area contributed by atoms with Gasteiger partial charge in [-0.25, -0.2) is 4.79 Å². The van der Waals surface area contributed by atoms with Crippen molar-refractivity contribution in [3.8, 4) is 5.75 Å². The summed E-state index contributed by atoms with van der Waals surface area (Å²) < 4.78 is 23.6. The van der Waals surface area contributed by atoms with Crippen molar-refractivity contribution in [1.29, 1.82) is 0 Å². The number of aromatic amines is 1. The first-order chi connectivity index (χ1) is 29.2. The number of fused-ring (bicyclic) bond motifs is 6. The highest BCUT2D eigenvalue weighted by atomic mass is 16.6. The molecule has 2 bridgehead atoms. The lowest BCUT2D eigenvalue weighted by Crippen LogP contribution is -2.81. The highest BCUT2D eigenvalue weighted by Crippen LogP contribution is 2.68. The molecule has 1 spiro atoms. The molecule has 15 nitrogen and oxygen atoms in total. The fourth-order valence-electron chi connectivity index (χ4n) is 13.3. The second-order valence-electron chi connectivity index (χ2n) is 18.1. The van der Waals surface area contributed by atoms with Gasteiger partial charge in [-0.2, -0.15) is 0 Å². The summed E-state index contributed by atoms with van der Waals surface area (Å²) in [6.45, 7) is 7.26. The molecule has 6 heterocycles. The van der Waals surface area contributed by atoms with Crippen LogP contribution in [0.5, 0.6) is 5.75 Å². The minimum atomic E-state index is -2.57. The predicted octanol–water partition coefficient (Wildman–Crippen LogP) is 2.49. The van der Waals surface area contributed by atoms with Crippen molar-refractivity contribution in [2.24, 2.45) is 11.3 Å². The van der Waals surface area contributed by atoms with Crippen molar-refractivity contribution >= 4 is 40.9 Å². The summed E-state index contributed by atoms with van der Waals surface area (Å²) in [4.78, 5) is 65.9. The van der Waals surface area contributed by atoms with Gasteiger partial charge >= 0.3 is 17.9 Å². The third-order valence-corrected chi connectivity index (χ3v) is 15.7. The first-order valence-corrected chi connectivity index (χ1v) is 21.4. The summed E-state index contributed by atoms with van der Waals surface area (Å²) in [6, 6.07) is 9.58. The van der Waals surface area contributed by atoms with E-state index in [1.165, 1.54) is 26.0 Å². The van der Waals surface area contributed by atoms with Crippen molar-refractivity contribution in [3.63, 3.8) is 0 Å². The van der Waals surface area contributed by atoms with Crippen LogP contribution in [-0.2, 0) is 50.6 Å². The van der Waals surface area contributed by atoms with Crippen LogP contribution in [0.4, 0.5) is 5.69 Å². The zero-order valence-corrected chi connectivity index (χ0v) is 35.6. The van der Waals surface area contributed by atoms with Gasteiger partial charge in [0.05, 0.1) is 39.2 Å². The van der Waals surface area contributed by atoms with Crippen molar-refractivity contribution < 1.29 is 53.4 Å². The van der Waals surface area contributed by atoms with E-state index in [4.69, 9.17) is 18.9 Å². The zero-order chi connectivity index (χ0) is 43.4. The van der Waals surface area contributed by atoms with Crippen LogP contribution in [0.3, 0.4) is 0 Å². The van der Waals surface area contributed by atoms with E-state index < -0.39 is 75.6 Å². The van der Waals surface area contributed by atoms with Crippen molar-refractivity contribution in [2.75, 3.05) is 59.0 Å². The molecule has 11 atom stereocenters. The van der Waals surface area contributed by atoms with E-state index in [-0.39, 0.29) is 25.1 Å². The third-order valence-electron chi connectivity index (χ3n) is 15.7. The SMILES string of the molecule is CC[C@@]1(O)CN2CCc3c([nH]c4ccccc34)[C@@](C(=O)OC)(c3cc4c(cc3OC)N(C=O)[C@H]3[C@@](O)(C(=O)OC)[C@H](OC(C)=O)[C@]5(CC)C=CCN6CC[C@]43[C@@H]65)C[C@@H](C2)C1O. The van der Waals surface area contributed by atoms with Crippen LogP contribution < -0.4 is 9.64 Å². The minimum Gasteiger partial charge on any atom is -0.496 e. The number of piperidine rings is 1. The molecule has 2 saturated heterocycles. The first-order valence-electron chi connectivity index (χ1n) is 21.4. The Hall–Kier alpha value is -4.80. The monoisotopic (exact) mass is 840 g/mol. The standard InChI is InChI=1S/C46H56N4O11/c1-7-42-15-11-17-49-19-16-44(37(42)49)30-20-31(34(58-4)21-33(30)50(25-51)38(44)46(57,41(55)60-6)39(42)61-26(3)52)45(40(54)59-5)22-27-23-48(24-43(56,8-2)36(27)53)18-14-29-28-12-9-10-13-32(28)47-35(29)45/h9-13,15,20-21,25,27,36-39,47,53,56-57H,7-8,14,16-19,22-24H2,1-6H3/t27-,36?,37-,38+,39+,42+,43+,44+,45-,46-/m0/s1. The Morgan fingerprint density at radius 3 is 2.41 bits per heavy atom. The Labute approximate surface area is 354 Å². The van der Waals surface area contributed by atoms with Gasteiger partial charge in [0.25, 0.3) is 0 Å². The van der Waals surface area contributed by atoms with Gasteiger partial charge in [0, 0.05) is 84.1 Å². The fourth-order valence-corrected chi connectivity index (χ4v) is 13.3. The summed E-state index contributed by atoms with van der Waals surface area (Å²) >= 11 is 0. The van der Waals surface area contributed by atoms with Crippen molar-refractivity contribution in [3.05, 3.63) is 70.9 Å². The van der Waals surface area contributed by atoms with E-state index in [1.54, 1.807) is 6.07 Å². The van der Waals surface area contributed by atoms with Gasteiger partial charge in [0.1, 0.15) is 16.8 Å². The maximum Gasteiger partial charge on any atom is 0.344 e. The third kappa shape index (κ3) is 5.27. The van der Waals surface area contributed by atoms with Crippen LogP contribution in [0, 0.1) is 11.3 Å². The van der Waals surface area contributed by atoms with E-state index in [2.05, 4.69) is 14.8 Å². The number of hydrogen-bond acceptors (Lipinski definition) is 13. The Kier molecular flexibility index (Phi) is 9.79. The molecule has 5 aliphatic heterocycles. The van der Waals surface area contributed by atoms with Gasteiger partial charge < -0.3 is 44.2 Å². The average molecular weight is 841 g/mol. The number of aromatic nitrogens is 1. The summed E-state index contributed by atoms with van der Waals surface area (Å²) in [5.74, 6) is -2.79. The Bertz CT molecular complexity index is 2350. The van der Waals surface area contributed by atoms with Crippen LogP contribution >= 0.6 is 0 Å². The van der Waals surface area contributed by atoms with Gasteiger partial charge in [-0.3, -0.25) is 24.2 Å². The molecule has 6 aliphatic rings. The number of carbonyl (C=O) groups is 4. The Morgan fingerprint density at radius 1 is 0.984 bits per heavy atom. The Balaban J connectivity index is 1.39. The van der Waals surface area contributed by atoms with Crippen LogP contribution in [0.25, 0.3) is 10.9 Å². The molecule has 2 unspecified atom stereocenters. The van der Waals surface area contributed by atoms with Crippen LogP contribution in [0.15, 0.2) is 48.6 Å². The predicted molar refractivity (Wildman–Crippen MR) is 222 cm³/mol. The van der Waals surface area contributed by atoms with Crippen LogP contribution in [0.2, 0.25) is 0 Å². The van der Waals surface area contributed by atoms with Gasteiger partial charge in [0.2, 0.25) is 12.0 Å². The number of aliphatic hydroxyl groups is 3. The molecule has 0 radical (unpaired) electrons. The van der Waals surface area contributed by atoms with Gasteiger partial charge in [-0.15, -0.1) is 0 Å². The molecule has 326 valence electrons. The summed E-state index contributed by atoms with van der Waals surface area (Å²) in [5, 5.41) is 38.3. The highest BCUT2D eigenvalue weighted by molar-refractivity contribution is 5.96. The first kappa shape index (κ1) is 41.5. The molecule has 1 saturated carbocycles. The topological polar surface area (TPSA) is 191 Å². The molecule has 3 aromatic rings. The van der Waals surface area contributed by atoms with Gasteiger partial charge in [-0.05, 0) is 61.9 Å². The molecule has 3 fully saturated rings. The molecule has 1 aliphatic carbocycles. The number of ether oxygens (including phenoxy) is 4. The summed E-state index contributed by atoms with van der Waals surface area (Å²) in [7, 11) is 3.96. The van der Waals surface area contributed by atoms with E-state index >= 15 is 4.79 Å². The number of anilines is 1. The molecule has 15 heteroatoms. The summed E-state index contributed by atoms with van der Waals surface area (Å²) in [5.41, 5.74) is -4.44. The number of para-hydroxylation sites is 1. The number of esters is 3. The lowest BCUT2D eigenvalue weighted by atomic mass is 9.47. The van der Waals surface area contributed by atoms with Crippen LogP contribution in [-0.4, -0.2) is 144 Å². The second-order valence-corrected chi connectivity index (χ2v) is 18.1. The highest BCUT2D eigenvalue weighted by Gasteiger charge is 2.81. The van der Waals surface area contributed by atoms with Crippen LogP contribution in [0.1, 0.15) is 68.8 Å². The molecular weight excluding hydrogens is 785 g/mol. The second kappa shape index (κ2) is 14.4. The molecule has 2 aromatic carbocycles. The maximum absolute atomic E-state index is 15.3. The zero-order valence-electron chi connectivity index (χ0n) is 35.6. The average Bonchev–Trinajstić information content (AvgIpc) is 3.94. The molecule has 4 N–H and O–H groups in total. The van der Waals surface area contributed by atoms with Gasteiger partial charge in [-0.1, -0.05) is 44.2 Å². The Morgan fingerprint density at radius 2 is 1.74 bits per heavy atom. The number of nitrogens with zero attached hydrogens (tertiary/aromatic N) is 3. The molecule has 9 rings (SSSR count). The number of methoxy groups -OCH3 is 3. The fraction of sp³-hybridized carbons (Fsp3) is 0.565. The minimum absolute atomic E-state index is 0.000253. The number of aliphatic hydroxyl groups excluding tert-OH is 1. The number of hydrogen-bond donors (Lipinski definition) is 4. The van der Waals surface area contributed by atoms with E-state index in [0.29, 0.717) is 74.4 Å². The van der Waals surface area contributed by atoms with Crippen molar-refractivity contribution in [1.82, 2.24) is 14.8 Å². The smallest absolute Gasteiger partial charge is 0.344 e. The largest absolute Gasteiger partial charge is 0.496 e. The number of carbonyl (C=O) groups excluding carboxylic acids is 4. The number of rotatable bonds is 8. The normalized spacial score (nSPS) is 37.3.